The fourth-order valence-electron chi connectivity index (χ4n) is 2.01. The van der Waals surface area contributed by atoms with Crippen molar-refractivity contribution in [1.82, 2.24) is 4.98 Å². The molecular formula is C15H13FN4O2S2. The molecule has 3 aromatic rings. The molecule has 2 aromatic heterocycles. The van der Waals surface area contributed by atoms with Crippen LogP contribution in [0.1, 0.15) is 20.0 Å². The minimum atomic E-state index is -0.888. The molecule has 2 heterocycles. The van der Waals surface area contributed by atoms with Crippen LogP contribution < -0.4 is 16.0 Å². The Morgan fingerprint density at radius 2 is 2.00 bits per heavy atom. The van der Waals surface area contributed by atoms with E-state index < -0.39 is 11.7 Å². The third-order valence-corrected chi connectivity index (χ3v) is 5.50. The van der Waals surface area contributed by atoms with Gasteiger partial charge < -0.3 is 16.0 Å². The van der Waals surface area contributed by atoms with Crippen molar-refractivity contribution in [2.75, 3.05) is 24.3 Å². The third-order valence-electron chi connectivity index (χ3n) is 3.17. The number of hydrogen-bond donors (Lipinski definition) is 2. The van der Waals surface area contributed by atoms with Gasteiger partial charge >= 0.3 is 0 Å². The number of halogens is 1. The summed E-state index contributed by atoms with van der Waals surface area (Å²) in [5, 5.41) is 3.50. The molecular weight excluding hydrogens is 351 g/mol. The zero-order valence-electron chi connectivity index (χ0n) is 12.8. The summed E-state index contributed by atoms with van der Waals surface area (Å²) in [5.74, 6) is -1.96. The third kappa shape index (κ3) is 3.08. The Hall–Kier alpha value is -2.52. The zero-order chi connectivity index (χ0) is 17.4. The molecule has 9 heteroatoms. The van der Waals surface area contributed by atoms with E-state index in [1.54, 1.807) is 6.07 Å². The fraction of sp³-hybridized carbons (Fsp3) is 0.133. The number of benzene rings is 1. The molecule has 0 aliphatic carbocycles. The lowest BCUT2D eigenvalue weighted by Gasteiger charge is -2.06. The number of carbonyl (C=O) groups excluding carboxylic acids is 2. The quantitative estimate of drug-likeness (QED) is 0.745. The van der Waals surface area contributed by atoms with E-state index in [1.165, 1.54) is 34.8 Å². The number of anilines is 2. The molecule has 0 bridgehead atoms. The maximum Gasteiger partial charge on any atom is 0.265 e. The molecule has 0 aliphatic rings. The molecule has 0 atom stereocenters. The van der Waals surface area contributed by atoms with Gasteiger partial charge in [0.25, 0.3) is 11.8 Å². The number of amides is 2. The molecule has 3 N–H and O–H groups in total. The summed E-state index contributed by atoms with van der Waals surface area (Å²) in [6, 6.07) is 5.44. The number of primary amides is 1. The molecule has 3 rings (SSSR count). The summed E-state index contributed by atoms with van der Waals surface area (Å²) in [5.41, 5.74) is 5.13. The molecule has 0 fully saturated rings. The Labute approximate surface area is 144 Å². The minimum Gasteiger partial charge on any atom is -0.366 e. The van der Waals surface area contributed by atoms with Crippen LogP contribution >= 0.6 is 22.7 Å². The molecule has 0 radical (unpaired) electrons. The smallest absolute Gasteiger partial charge is 0.265 e. The van der Waals surface area contributed by atoms with Crippen molar-refractivity contribution in [3.63, 3.8) is 0 Å². The first-order valence-corrected chi connectivity index (χ1v) is 8.47. The van der Waals surface area contributed by atoms with Gasteiger partial charge in [0.1, 0.15) is 10.6 Å². The Balaban J connectivity index is 1.83. The Kier molecular flexibility index (Phi) is 4.20. The van der Waals surface area contributed by atoms with Gasteiger partial charge in [-0.1, -0.05) is 11.3 Å². The van der Waals surface area contributed by atoms with Gasteiger partial charge in [-0.05, 0) is 24.3 Å². The van der Waals surface area contributed by atoms with Gasteiger partial charge in [0.05, 0.1) is 15.1 Å². The molecule has 1 aromatic carbocycles. The highest BCUT2D eigenvalue weighted by Gasteiger charge is 2.16. The predicted molar refractivity (Wildman–Crippen MR) is 94.7 cm³/mol. The topological polar surface area (TPSA) is 88.3 Å². The van der Waals surface area contributed by atoms with E-state index in [0.29, 0.717) is 10.6 Å². The molecule has 0 saturated heterocycles. The standard InChI is InChI=1S/C15H13FN4O2S2/c1-20(2)15-19-14-11(24-15)6-10(23-14)13(22)18-7-3-4-9(16)8(5-7)12(17)21/h3-6H,1-2H3,(H2,17,21)(H,18,22). The van der Waals surface area contributed by atoms with Crippen LogP contribution in [0.5, 0.6) is 0 Å². The minimum absolute atomic E-state index is 0.266. The SMILES string of the molecule is CN(C)c1nc2sc(C(=O)Nc3ccc(F)c(C(N)=O)c3)cc2s1. The molecule has 0 spiro atoms. The zero-order valence-corrected chi connectivity index (χ0v) is 14.4. The number of thiophene rings is 1. The summed E-state index contributed by atoms with van der Waals surface area (Å²) in [4.78, 5) is 31.1. The normalized spacial score (nSPS) is 10.8. The molecule has 124 valence electrons. The first kappa shape index (κ1) is 16.3. The van der Waals surface area contributed by atoms with Crippen molar-refractivity contribution in [2.45, 2.75) is 0 Å². The van der Waals surface area contributed by atoms with Crippen molar-refractivity contribution < 1.29 is 14.0 Å². The number of nitrogens with two attached hydrogens (primary N) is 1. The summed E-state index contributed by atoms with van der Waals surface area (Å²) < 4.78 is 14.4. The van der Waals surface area contributed by atoms with Crippen LogP contribution in [0.4, 0.5) is 15.2 Å². The number of nitrogens with one attached hydrogen (secondary N) is 1. The van der Waals surface area contributed by atoms with Crippen molar-refractivity contribution in [3.05, 3.63) is 40.5 Å². The second-order valence-electron chi connectivity index (χ2n) is 5.18. The lowest BCUT2D eigenvalue weighted by molar-refractivity contribution is 0.0993. The number of hydrogen-bond acceptors (Lipinski definition) is 6. The van der Waals surface area contributed by atoms with Crippen LogP contribution in [0.15, 0.2) is 24.3 Å². The average molecular weight is 364 g/mol. The van der Waals surface area contributed by atoms with Crippen LogP contribution in [-0.2, 0) is 0 Å². The lowest BCUT2D eigenvalue weighted by Crippen LogP contribution is -2.15. The van der Waals surface area contributed by atoms with Crippen LogP contribution in [0.3, 0.4) is 0 Å². The van der Waals surface area contributed by atoms with Gasteiger partial charge in [0.2, 0.25) is 0 Å². The number of aromatic nitrogens is 1. The maximum absolute atomic E-state index is 13.5. The van der Waals surface area contributed by atoms with Crippen LogP contribution in [0, 0.1) is 5.82 Å². The van der Waals surface area contributed by atoms with Crippen molar-refractivity contribution in [1.29, 1.82) is 0 Å². The van der Waals surface area contributed by atoms with Crippen molar-refractivity contribution in [3.8, 4) is 0 Å². The molecule has 2 amide bonds. The highest BCUT2D eigenvalue weighted by atomic mass is 32.1. The number of fused-ring (bicyclic) bond motifs is 1. The second kappa shape index (κ2) is 6.17. The average Bonchev–Trinajstić information content (AvgIpc) is 3.07. The second-order valence-corrected chi connectivity index (χ2v) is 7.22. The molecule has 0 unspecified atom stereocenters. The van der Waals surface area contributed by atoms with Gasteiger partial charge in [-0.15, -0.1) is 11.3 Å². The van der Waals surface area contributed by atoms with Gasteiger partial charge in [-0.2, -0.15) is 0 Å². The largest absolute Gasteiger partial charge is 0.366 e. The Morgan fingerprint density at radius 3 is 2.62 bits per heavy atom. The van der Waals surface area contributed by atoms with E-state index in [4.69, 9.17) is 5.73 Å². The van der Waals surface area contributed by atoms with E-state index in [0.717, 1.165) is 20.7 Å². The van der Waals surface area contributed by atoms with Crippen LogP contribution in [0.25, 0.3) is 9.53 Å². The Morgan fingerprint density at radius 1 is 1.25 bits per heavy atom. The molecule has 0 aliphatic heterocycles. The Bertz CT molecular complexity index is 917. The lowest BCUT2D eigenvalue weighted by atomic mass is 10.2. The van der Waals surface area contributed by atoms with Gasteiger partial charge in [0.15, 0.2) is 5.13 Å². The summed E-state index contributed by atoms with van der Waals surface area (Å²) in [7, 11) is 3.81. The molecule has 0 saturated carbocycles. The first-order valence-electron chi connectivity index (χ1n) is 6.83. The van der Waals surface area contributed by atoms with E-state index >= 15 is 0 Å². The summed E-state index contributed by atoms with van der Waals surface area (Å²) in [6.45, 7) is 0. The van der Waals surface area contributed by atoms with E-state index in [-0.39, 0.29) is 11.5 Å². The van der Waals surface area contributed by atoms with Crippen LogP contribution in [0.2, 0.25) is 0 Å². The number of thiazole rings is 1. The van der Waals surface area contributed by atoms with Crippen molar-refractivity contribution in [2.24, 2.45) is 5.73 Å². The first-order chi connectivity index (χ1) is 11.3. The highest BCUT2D eigenvalue weighted by Crippen LogP contribution is 2.34. The van der Waals surface area contributed by atoms with E-state index in [2.05, 4.69) is 10.3 Å². The van der Waals surface area contributed by atoms with Gasteiger partial charge in [-0.3, -0.25) is 9.59 Å². The highest BCUT2D eigenvalue weighted by molar-refractivity contribution is 7.29. The fourth-order valence-corrected chi connectivity index (χ4v) is 4.04. The number of nitrogens with zero attached hydrogens (tertiary/aromatic N) is 2. The van der Waals surface area contributed by atoms with E-state index in [1.807, 2.05) is 19.0 Å². The van der Waals surface area contributed by atoms with Crippen LogP contribution in [-0.4, -0.2) is 30.9 Å². The van der Waals surface area contributed by atoms with Gasteiger partial charge in [0, 0.05) is 19.8 Å². The monoisotopic (exact) mass is 364 g/mol. The number of carbonyl (C=O) groups is 2. The molecule has 6 nitrogen and oxygen atoms in total. The summed E-state index contributed by atoms with van der Waals surface area (Å²) in [6.07, 6.45) is 0. The molecule has 24 heavy (non-hydrogen) atoms. The summed E-state index contributed by atoms with van der Waals surface area (Å²) >= 11 is 2.76. The van der Waals surface area contributed by atoms with Crippen molar-refractivity contribution >= 4 is 54.8 Å². The number of rotatable bonds is 4. The van der Waals surface area contributed by atoms with Gasteiger partial charge in [-0.25, -0.2) is 9.37 Å². The predicted octanol–water partition coefficient (Wildman–Crippen LogP) is 2.91. The van der Waals surface area contributed by atoms with E-state index in [9.17, 15) is 14.0 Å². The maximum atomic E-state index is 13.5.